The largest absolute Gasteiger partial charge is 0.451 e. The summed E-state index contributed by atoms with van der Waals surface area (Å²) in [5.74, 6) is -2.80. The monoisotopic (exact) mass is 379 g/mol. The maximum Gasteiger partial charge on any atom is 0.451 e. The molecular formula is C12H9F4N5O3S. The number of hydrogen-bond donors (Lipinski definition) is 1. The van der Waals surface area contributed by atoms with Gasteiger partial charge in [-0.05, 0) is 12.1 Å². The van der Waals surface area contributed by atoms with Gasteiger partial charge in [-0.1, -0.05) is 0 Å². The fraction of sp³-hybridized carbons (Fsp3) is 0.250. The average Bonchev–Trinajstić information content (AvgIpc) is 2.75. The lowest BCUT2D eigenvalue weighted by molar-refractivity contribution is -0.147. The van der Waals surface area contributed by atoms with E-state index in [4.69, 9.17) is 5.26 Å². The summed E-state index contributed by atoms with van der Waals surface area (Å²) in [5.41, 5.74) is -2.89. The Labute approximate surface area is 138 Å². The highest BCUT2D eigenvalue weighted by Crippen LogP contribution is 2.28. The van der Waals surface area contributed by atoms with Gasteiger partial charge in [-0.2, -0.15) is 23.1 Å². The molecule has 25 heavy (non-hydrogen) atoms. The Morgan fingerprint density at radius 3 is 2.36 bits per heavy atom. The van der Waals surface area contributed by atoms with Gasteiger partial charge in [0.05, 0.1) is 17.5 Å². The molecule has 0 amide bonds. The molecular weight excluding hydrogens is 370 g/mol. The van der Waals surface area contributed by atoms with Crippen molar-refractivity contribution in [3.05, 3.63) is 39.8 Å². The van der Waals surface area contributed by atoms with Gasteiger partial charge in [0.15, 0.2) is 5.82 Å². The fourth-order valence-corrected chi connectivity index (χ4v) is 2.51. The van der Waals surface area contributed by atoms with Crippen LogP contribution >= 0.6 is 0 Å². The van der Waals surface area contributed by atoms with Gasteiger partial charge in [0.2, 0.25) is 15.8 Å². The average molecular weight is 379 g/mol. The van der Waals surface area contributed by atoms with Crippen LogP contribution in [0.1, 0.15) is 11.4 Å². The third-order valence-electron chi connectivity index (χ3n) is 2.97. The van der Waals surface area contributed by atoms with Crippen LogP contribution in [0.15, 0.2) is 16.9 Å². The summed E-state index contributed by atoms with van der Waals surface area (Å²) in [6.07, 6.45) is -4.21. The summed E-state index contributed by atoms with van der Waals surface area (Å²) in [6.45, 7) is 0. The van der Waals surface area contributed by atoms with Crippen molar-refractivity contribution in [2.75, 3.05) is 11.0 Å². The first-order valence-electron chi connectivity index (χ1n) is 6.30. The van der Waals surface area contributed by atoms with E-state index in [1.165, 1.54) is 6.07 Å². The van der Waals surface area contributed by atoms with Crippen LogP contribution in [-0.4, -0.2) is 29.0 Å². The third kappa shape index (κ3) is 3.63. The summed E-state index contributed by atoms with van der Waals surface area (Å²) in [7, 11) is -3.08. The van der Waals surface area contributed by atoms with Gasteiger partial charge in [0.1, 0.15) is 11.8 Å². The molecule has 1 aromatic heterocycles. The number of aromatic nitrogens is 3. The van der Waals surface area contributed by atoms with E-state index in [-0.39, 0.29) is 9.25 Å². The number of alkyl halides is 3. The molecule has 134 valence electrons. The first-order valence-corrected chi connectivity index (χ1v) is 8.19. The van der Waals surface area contributed by atoms with Crippen molar-refractivity contribution in [3.63, 3.8) is 0 Å². The summed E-state index contributed by atoms with van der Waals surface area (Å²) in [6, 6.07) is 2.83. The number of anilines is 1. The highest BCUT2D eigenvalue weighted by molar-refractivity contribution is 7.92. The molecule has 0 fully saturated rings. The number of hydrogen-bond acceptors (Lipinski definition) is 5. The summed E-state index contributed by atoms with van der Waals surface area (Å²) < 4.78 is 77.4. The predicted octanol–water partition coefficient (Wildman–Crippen LogP) is 0.972. The van der Waals surface area contributed by atoms with E-state index in [2.05, 4.69) is 5.10 Å². The maximum absolute atomic E-state index is 14.1. The highest BCUT2D eigenvalue weighted by atomic mass is 32.2. The van der Waals surface area contributed by atoms with Crippen LogP contribution in [0.3, 0.4) is 0 Å². The molecule has 0 spiro atoms. The Hall–Kier alpha value is -2.88. The Balaban J connectivity index is 2.75. The van der Waals surface area contributed by atoms with Gasteiger partial charge < -0.3 is 0 Å². The number of rotatable bonds is 3. The Morgan fingerprint density at radius 1 is 1.32 bits per heavy atom. The van der Waals surface area contributed by atoms with Gasteiger partial charge in [-0.15, -0.1) is 5.10 Å². The number of nitrogens with zero attached hydrogens (tertiary/aromatic N) is 4. The highest BCUT2D eigenvalue weighted by Gasteiger charge is 2.38. The molecule has 1 heterocycles. The second-order valence-electron chi connectivity index (χ2n) is 4.91. The molecule has 8 nitrogen and oxygen atoms in total. The van der Waals surface area contributed by atoms with Crippen LogP contribution in [0.25, 0.3) is 5.69 Å². The quantitative estimate of drug-likeness (QED) is 0.800. The van der Waals surface area contributed by atoms with Crippen molar-refractivity contribution in [2.45, 2.75) is 6.18 Å². The van der Waals surface area contributed by atoms with Gasteiger partial charge in [0, 0.05) is 7.05 Å². The molecule has 0 saturated heterocycles. The predicted molar refractivity (Wildman–Crippen MR) is 76.9 cm³/mol. The van der Waals surface area contributed by atoms with E-state index in [1.807, 2.05) is 4.72 Å². The van der Waals surface area contributed by atoms with E-state index in [9.17, 15) is 30.8 Å². The van der Waals surface area contributed by atoms with Crippen LogP contribution in [0.2, 0.25) is 0 Å². The maximum atomic E-state index is 14.1. The van der Waals surface area contributed by atoms with Gasteiger partial charge in [0.25, 0.3) is 0 Å². The van der Waals surface area contributed by atoms with Gasteiger partial charge in [-0.25, -0.2) is 17.6 Å². The first kappa shape index (κ1) is 18.5. The minimum absolute atomic E-state index is 0.132. The molecule has 1 aromatic carbocycles. The van der Waals surface area contributed by atoms with Gasteiger partial charge >= 0.3 is 11.9 Å². The molecule has 0 aliphatic rings. The molecule has 0 bridgehead atoms. The van der Waals surface area contributed by atoms with Crippen LogP contribution in [0, 0.1) is 17.1 Å². The SMILES string of the molecule is Cn1c(C(F)(F)F)nn(-c2cc(NS(C)(=O)=O)c(C#N)cc2F)c1=O. The second kappa shape index (κ2) is 5.88. The van der Waals surface area contributed by atoms with Crippen molar-refractivity contribution >= 4 is 15.7 Å². The summed E-state index contributed by atoms with van der Waals surface area (Å²) in [4.78, 5) is 11.9. The lowest BCUT2D eigenvalue weighted by atomic mass is 10.1. The standard InChI is InChI=1S/C12H9F4N5O3S/c1-20-10(12(14,15)16)18-21(11(20)22)9-4-8(19-25(2,23)24)6(5-17)3-7(9)13/h3-4,19H,1-2H3. The molecule has 0 aliphatic carbocycles. The van der Waals surface area contributed by atoms with Crippen LogP contribution < -0.4 is 10.4 Å². The first-order chi connectivity index (χ1) is 11.3. The van der Waals surface area contributed by atoms with Crippen LogP contribution in [-0.2, 0) is 23.2 Å². The number of nitriles is 1. The minimum atomic E-state index is -4.96. The van der Waals surface area contributed by atoms with Crippen molar-refractivity contribution < 1.29 is 26.0 Å². The normalized spacial score (nSPS) is 12.0. The molecule has 1 N–H and O–H groups in total. The van der Waals surface area contributed by atoms with Crippen molar-refractivity contribution in [2.24, 2.45) is 7.05 Å². The molecule has 0 aliphatic heterocycles. The zero-order chi connectivity index (χ0) is 19.2. The minimum Gasteiger partial charge on any atom is -0.282 e. The molecule has 0 saturated carbocycles. The second-order valence-corrected chi connectivity index (χ2v) is 6.66. The Kier molecular flexibility index (Phi) is 4.34. The number of sulfonamides is 1. The Bertz CT molecular complexity index is 1050. The van der Waals surface area contributed by atoms with E-state index in [0.29, 0.717) is 12.1 Å². The fourth-order valence-electron chi connectivity index (χ4n) is 1.94. The Morgan fingerprint density at radius 2 is 1.92 bits per heavy atom. The zero-order valence-corrected chi connectivity index (χ0v) is 13.4. The van der Waals surface area contributed by atoms with E-state index >= 15 is 0 Å². The smallest absolute Gasteiger partial charge is 0.282 e. The van der Waals surface area contributed by atoms with E-state index in [1.54, 1.807) is 0 Å². The molecule has 0 atom stereocenters. The van der Waals surface area contributed by atoms with Crippen LogP contribution in [0.4, 0.5) is 23.2 Å². The summed E-state index contributed by atoms with van der Waals surface area (Å²) >= 11 is 0. The molecule has 13 heteroatoms. The van der Waals surface area contributed by atoms with Crippen molar-refractivity contribution in [1.82, 2.24) is 14.3 Å². The summed E-state index contributed by atoms with van der Waals surface area (Å²) in [5, 5.41) is 12.0. The number of nitrogens with one attached hydrogen (secondary N) is 1. The third-order valence-corrected chi connectivity index (χ3v) is 3.56. The van der Waals surface area contributed by atoms with Gasteiger partial charge in [-0.3, -0.25) is 9.29 Å². The van der Waals surface area contributed by atoms with E-state index in [0.717, 1.165) is 13.3 Å². The number of benzene rings is 1. The zero-order valence-electron chi connectivity index (χ0n) is 12.6. The van der Waals surface area contributed by atoms with Crippen LogP contribution in [0.5, 0.6) is 0 Å². The molecule has 2 aromatic rings. The molecule has 2 rings (SSSR count). The van der Waals surface area contributed by atoms with E-state index < -0.39 is 50.5 Å². The van der Waals surface area contributed by atoms with Crippen molar-refractivity contribution in [3.8, 4) is 11.8 Å². The molecule has 0 unspecified atom stereocenters. The topological polar surface area (TPSA) is 110 Å². The molecule has 0 radical (unpaired) electrons. The lowest BCUT2D eigenvalue weighted by Crippen LogP contribution is -2.24. The van der Waals surface area contributed by atoms with Crippen molar-refractivity contribution in [1.29, 1.82) is 5.26 Å². The number of halogens is 4. The lowest BCUT2D eigenvalue weighted by Gasteiger charge is -2.09.